The number of carbonyl (C=O) groups is 1. The van der Waals surface area contributed by atoms with Crippen LogP contribution in [0.25, 0.3) is 0 Å². The van der Waals surface area contributed by atoms with Crippen LogP contribution < -0.4 is 0 Å². The molecule has 1 aromatic rings. The number of unbranched alkanes of at least 4 members (excludes halogenated alkanes) is 9. The van der Waals surface area contributed by atoms with Crippen molar-refractivity contribution in [2.24, 2.45) is 7.05 Å². The number of ketones is 1. The Morgan fingerprint density at radius 3 is 2.05 bits per heavy atom. The van der Waals surface area contributed by atoms with Gasteiger partial charge >= 0.3 is 0 Å². The third-order valence-electron chi connectivity index (χ3n) is 3.78. The van der Waals surface area contributed by atoms with Gasteiger partial charge < -0.3 is 0 Å². The number of carbonyl (C=O) groups excluding carboxylic acids is 1. The lowest BCUT2D eigenvalue weighted by Gasteiger charge is -2.02. The SMILES string of the molecule is CCCCCCCCCCCCC(=O)c1cnn(C)c1. The predicted molar refractivity (Wildman–Crippen MR) is 84.0 cm³/mol. The van der Waals surface area contributed by atoms with Crippen molar-refractivity contribution in [3.05, 3.63) is 18.0 Å². The molecule has 0 spiro atoms. The van der Waals surface area contributed by atoms with Gasteiger partial charge in [-0.1, -0.05) is 64.7 Å². The highest BCUT2D eigenvalue weighted by Crippen LogP contribution is 2.12. The monoisotopic (exact) mass is 278 g/mol. The van der Waals surface area contributed by atoms with E-state index in [1.807, 2.05) is 7.05 Å². The summed E-state index contributed by atoms with van der Waals surface area (Å²) < 4.78 is 1.69. The Labute approximate surface area is 123 Å². The van der Waals surface area contributed by atoms with Crippen LogP contribution in [0.1, 0.15) is 87.9 Å². The normalized spacial score (nSPS) is 10.9. The molecule has 0 aliphatic rings. The van der Waals surface area contributed by atoms with E-state index in [4.69, 9.17) is 0 Å². The number of aryl methyl sites for hydroxylation is 1. The molecule has 0 aromatic carbocycles. The van der Waals surface area contributed by atoms with Crippen molar-refractivity contribution in [1.82, 2.24) is 9.78 Å². The number of hydrogen-bond acceptors (Lipinski definition) is 2. The number of Topliss-reactive ketones (excluding diaryl/α,β-unsaturated/α-hetero) is 1. The fourth-order valence-corrected chi connectivity index (χ4v) is 2.48. The minimum atomic E-state index is 0.234. The lowest BCUT2D eigenvalue weighted by atomic mass is 10.0. The molecule has 1 heterocycles. The fraction of sp³-hybridized carbons (Fsp3) is 0.765. The maximum atomic E-state index is 11.8. The van der Waals surface area contributed by atoms with Crippen LogP contribution in [0, 0.1) is 0 Å². The Morgan fingerprint density at radius 2 is 1.55 bits per heavy atom. The van der Waals surface area contributed by atoms with Crippen LogP contribution in [-0.2, 0) is 7.05 Å². The molecule has 0 aliphatic heterocycles. The summed E-state index contributed by atoms with van der Waals surface area (Å²) in [6, 6.07) is 0. The minimum Gasteiger partial charge on any atom is -0.294 e. The molecule has 0 N–H and O–H groups in total. The van der Waals surface area contributed by atoms with Gasteiger partial charge in [0.2, 0.25) is 0 Å². The fourth-order valence-electron chi connectivity index (χ4n) is 2.48. The van der Waals surface area contributed by atoms with Crippen molar-refractivity contribution in [3.63, 3.8) is 0 Å². The second kappa shape index (κ2) is 10.6. The first-order chi connectivity index (χ1) is 9.74. The van der Waals surface area contributed by atoms with Gasteiger partial charge in [-0.05, 0) is 6.42 Å². The summed E-state index contributed by atoms with van der Waals surface area (Å²) in [6.07, 6.45) is 17.2. The Hall–Kier alpha value is -1.12. The van der Waals surface area contributed by atoms with Crippen molar-refractivity contribution < 1.29 is 4.79 Å². The van der Waals surface area contributed by atoms with Crippen LogP contribution in [0.3, 0.4) is 0 Å². The molecule has 1 aromatic heterocycles. The maximum absolute atomic E-state index is 11.8. The first kappa shape index (κ1) is 16.9. The zero-order valence-corrected chi connectivity index (χ0v) is 13.2. The molecular formula is C17H30N2O. The van der Waals surface area contributed by atoms with Crippen molar-refractivity contribution in [3.8, 4) is 0 Å². The third kappa shape index (κ3) is 7.46. The Balaban J connectivity index is 1.91. The summed E-state index contributed by atoms with van der Waals surface area (Å²) in [4.78, 5) is 11.8. The second-order valence-electron chi connectivity index (χ2n) is 5.76. The predicted octanol–water partition coefficient (Wildman–Crippen LogP) is 4.91. The minimum absolute atomic E-state index is 0.234. The summed E-state index contributed by atoms with van der Waals surface area (Å²) in [6.45, 7) is 2.26. The molecule has 0 unspecified atom stereocenters. The quantitative estimate of drug-likeness (QED) is 0.402. The number of rotatable bonds is 12. The molecule has 0 fully saturated rings. The van der Waals surface area contributed by atoms with Gasteiger partial charge in [0.15, 0.2) is 5.78 Å². The molecule has 114 valence electrons. The molecule has 0 atom stereocenters. The van der Waals surface area contributed by atoms with Crippen LogP contribution in [0.4, 0.5) is 0 Å². The highest BCUT2D eigenvalue weighted by Gasteiger charge is 2.06. The molecule has 0 radical (unpaired) electrons. The topological polar surface area (TPSA) is 34.9 Å². The summed E-state index contributed by atoms with van der Waals surface area (Å²) in [5.74, 6) is 0.234. The van der Waals surface area contributed by atoms with E-state index in [0.717, 1.165) is 12.0 Å². The van der Waals surface area contributed by atoms with Gasteiger partial charge in [0.1, 0.15) is 0 Å². The molecule has 3 heteroatoms. The van der Waals surface area contributed by atoms with Crippen LogP contribution in [0.5, 0.6) is 0 Å². The number of aromatic nitrogens is 2. The third-order valence-corrected chi connectivity index (χ3v) is 3.78. The van der Waals surface area contributed by atoms with E-state index in [0.29, 0.717) is 6.42 Å². The highest BCUT2D eigenvalue weighted by atomic mass is 16.1. The maximum Gasteiger partial charge on any atom is 0.166 e. The van der Waals surface area contributed by atoms with Crippen LogP contribution in [-0.4, -0.2) is 15.6 Å². The van der Waals surface area contributed by atoms with Crippen LogP contribution >= 0.6 is 0 Å². The van der Waals surface area contributed by atoms with Crippen LogP contribution in [0.2, 0.25) is 0 Å². The Kier molecular flexibility index (Phi) is 9.01. The standard InChI is InChI=1S/C17H30N2O/c1-3-4-5-6-7-8-9-10-11-12-13-17(20)16-14-18-19(2)15-16/h14-15H,3-13H2,1-2H3. The second-order valence-corrected chi connectivity index (χ2v) is 5.76. The summed E-state index contributed by atoms with van der Waals surface area (Å²) in [5, 5.41) is 4.03. The molecule has 3 nitrogen and oxygen atoms in total. The molecule has 0 bridgehead atoms. The largest absolute Gasteiger partial charge is 0.294 e. The van der Waals surface area contributed by atoms with Gasteiger partial charge in [-0.2, -0.15) is 5.10 Å². The lowest BCUT2D eigenvalue weighted by molar-refractivity contribution is 0.0979. The van der Waals surface area contributed by atoms with Crippen molar-refractivity contribution in [2.45, 2.75) is 77.6 Å². The molecule has 20 heavy (non-hydrogen) atoms. The van der Waals surface area contributed by atoms with Gasteiger partial charge in [0.25, 0.3) is 0 Å². The molecule has 0 aliphatic carbocycles. The highest BCUT2D eigenvalue weighted by molar-refractivity contribution is 5.95. The zero-order valence-electron chi connectivity index (χ0n) is 13.2. The van der Waals surface area contributed by atoms with Gasteiger partial charge in [-0.25, -0.2) is 0 Å². The molecule has 1 rings (SSSR count). The van der Waals surface area contributed by atoms with Crippen LogP contribution in [0.15, 0.2) is 12.4 Å². The van der Waals surface area contributed by atoms with Gasteiger partial charge in [0.05, 0.1) is 11.8 Å². The number of nitrogens with zero attached hydrogens (tertiary/aromatic N) is 2. The number of hydrogen-bond donors (Lipinski definition) is 0. The van der Waals surface area contributed by atoms with E-state index < -0.39 is 0 Å². The molecule has 0 amide bonds. The molecular weight excluding hydrogens is 248 g/mol. The van der Waals surface area contributed by atoms with E-state index in [-0.39, 0.29) is 5.78 Å². The van der Waals surface area contributed by atoms with Crippen molar-refractivity contribution >= 4 is 5.78 Å². The van der Waals surface area contributed by atoms with Gasteiger partial charge in [0, 0.05) is 19.7 Å². The van der Waals surface area contributed by atoms with Crippen molar-refractivity contribution in [1.29, 1.82) is 0 Å². The first-order valence-electron chi connectivity index (χ1n) is 8.26. The zero-order chi connectivity index (χ0) is 14.6. The lowest BCUT2D eigenvalue weighted by Crippen LogP contribution is -1.97. The van der Waals surface area contributed by atoms with E-state index in [1.54, 1.807) is 17.1 Å². The van der Waals surface area contributed by atoms with E-state index >= 15 is 0 Å². The summed E-state index contributed by atoms with van der Waals surface area (Å²) in [5.41, 5.74) is 0.753. The average Bonchev–Trinajstić information content (AvgIpc) is 2.87. The molecule has 0 saturated heterocycles. The summed E-state index contributed by atoms with van der Waals surface area (Å²) >= 11 is 0. The van der Waals surface area contributed by atoms with Gasteiger partial charge in [-0.15, -0.1) is 0 Å². The summed E-state index contributed by atoms with van der Waals surface area (Å²) in [7, 11) is 1.84. The van der Waals surface area contributed by atoms with Gasteiger partial charge in [-0.3, -0.25) is 9.48 Å². The smallest absolute Gasteiger partial charge is 0.166 e. The Morgan fingerprint density at radius 1 is 1.00 bits per heavy atom. The Bertz CT molecular complexity index is 371. The van der Waals surface area contributed by atoms with Crippen molar-refractivity contribution in [2.75, 3.05) is 0 Å². The van der Waals surface area contributed by atoms with E-state index in [2.05, 4.69) is 12.0 Å². The first-order valence-corrected chi connectivity index (χ1v) is 8.26. The average molecular weight is 278 g/mol. The molecule has 0 saturated carbocycles. The van der Waals surface area contributed by atoms with E-state index in [1.165, 1.54) is 57.8 Å². The van der Waals surface area contributed by atoms with E-state index in [9.17, 15) is 4.79 Å².